The summed E-state index contributed by atoms with van der Waals surface area (Å²) in [4.78, 5) is 27.5. The third kappa shape index (κ3) is 5.20. The second kappa shape index (κ2) is 10.1. The van der Waals surface area contributed by atoms with E-state index in [0.29, 0.717) is 48.7 Å². The van der Waals surface area contributed by atoms with Crippen LogP contribution < -0.4 is 10.1 Å². The molecule has 0 radical (unpaired) electrons. The Morgan fingerprint density at radius 3 is 2.55 bits per heavy atom. The largest absolute Gasteiger partial charge is 0.494 e. The zero-order valence-corrected chi connectivity index (χ0v) is 19.5. The van der Waals surface area contributed by atoms with Gasteiger partial charge in [-0.25, -0.2) is 4.68 Å². The predicted octanol–water partition coefficient (Wildman–Crippen LogP) is 4.27. The van der Waals surface area contributed by atoms with Gasteiger partial charge in [0.15, 0.2) is 0 Å². The number of ether oxygens (including phenoxy) is 1. The summed E-state index contributed by atoms with van der Waals surface area (Å²) in [6.07, 6.45) is 2.99. The van der Waals surface area contributed by atoms with Crippen molar-refractivity contribution >= 4 is 23.4 Å². The van der Waals surface area contributed by atoms with Crippen LogP contribution >= 0.6 is 11.6 Å². The molecule has 0 spiro atoms. The molecule has 1 aliphatic heterocycles. The molecule has 1 aliphatic rings. The van der Waals surface area contributed by atoms with Crippen LogP contribution in [-0.2, 0) is 0 Å². The summed E-state index contributed by atoms with van der Waals surface area (Å²) in [5, 5.41) is 8.07. The standard InChI is InChI=1S/C25H27ClN4O3/c1-3-33-22-9-7-18(8-10-22)25(32)29-13-11-20(12-14-29)28-24(31)23-16-27-30(17(23)2)21-6-4-5-19(26)15-21/h4-10,15-16,20H,3,11-14H2,1-2H3,(H,28,31). The van der Waals surface area contributed by atoms with Gasteiger partial charge in [0, 0.05) is 29.7 Å². The highest BCUT2D eigenvalue weighted by molar-refractivity contribution is 6.30. The van der Waals surface area contributed by atoms with Gasteiger partial charge in [-0.3, -0.25) is 9.59 Å². The lowest BCUT2D eigenvalue weighted by molar-refractivity contribution is 0.0698. The number of carbonyl (C=O) groups is 2. The molecule has 1 saturated heterocycles. The lowest BCUT2D eigenvalue weighted by Crippen LogP contribution is -2.46. The second-order valence-corrected chi connectivity index (χ2v) is 8.47. The van der Waals surface area contributed by atoms with E-state index in [4.69, 9.17) is 16.3 Å². The van der Waals surface area contributed by atoms with Gasteiger partial charge in [-0.15, -0.1) is 0 Å². The molecule has 0 aliphatic carbocycles. The summed E-state index contributed by atoms with van der Waals surface area (Å²) < 4.78 is 7.14. The van der Waals surface area contributed by atoms with Crippen molar-refractivity contribution in [3.63, 3.8) is 0 Å². The molecule has 2 aromatic carbocycles. The minimum atomic E-state index is -0.155. The van der Waals surface area contributed by atoms with Crippen molar-refractivity contribution in [2.24, 2.45) is 0 Å². The van der Waals surface area contributed by atoms with Crippen molar-refractivity contribution in [3.05, 3.63) is 76.6 Å². The van der Waals surface area contributed by atoms with Crippen molar-refractivity contribution in [1.82, 2.24) is 20.0 Å². The van der Waals surface area contributed by atoms with Gasteiger partial charge < -0.3 is 15.0 Å². The first-order valence-electron chi connectivity index (χ1n) is 11.1. The summed E-state index contributed by atoms with van der Waals surface area (Å²) in [6, 6.07) is 14.6. The van der Waals surface area contributed by atoms with E-state index < -0.39 is 0 Å². The van der Waals surface area contributed by atoms with Crippen LogP contribution in [0, 0.1) is 6.92 Å². The molecular formula is C25H27ClN4O3. The van der Waals surface area contributed by atoms with Crippen molar-refractivity contribution in [2.45, 2.75) is 32.7 Å². The Labute approximate surface area is 198 Å². The molecule has 8 heteroatoms. The van der Waals surface area contributed by atoms with Gasteiger partial charge >= 0.3 is 0 Å². The normalized spacial score (nSPS) is 14.2. The molecule has 7 nitrogen and oxygen atoms in total. The Balaban J connectivity index is 1.33. The van der Waals surface area contributed by atoms with Gasteiger partial charge in [0.25, 0.3) is 11.8 Å². The van der Waals surface area contributed by atoms with Gasteiger partial charge in [0.2, 0.25) is 0 Å². The maximum absolute atomic E-state index is 12.9. The monoisotopic (exact) mass is 466 g/mol. The van der Waals surface area contributed by atoms with Gasteiger partial charge in [-0.05, 0) is 69.2 Å². The fraction of sp³-hybridized carbons (Fsp3) is 0.320. The van der Waals surface area contributed by atoms with Crippen molar-refractivity contribution in [2.75, 3.05) is 19.7 Å². The Kier molecular flexibility index (Phi) is 6.99. The minimum Gasteiger partial charge on any atom is -0.494 e. The summed E-state index contributed by atoms with van der Waals surface area (Å²) in [5.41, 5.74) is 2.73. The number of hydrogen-bond donors (Lipinski definition) is 1. The van der Waals surface area contributed by atoms with E-state index in [-0.39, 0.29) is 17.9 Å². The maximum atomic E-state index is 12.9. The molecule has 3 aromatic rings. The second-order valence-electron chi connectivity index (χ2n) is 8.03. The summed E-state index contributed by atoms with van der Waals surface area (Å²) in [5.74, 6) is 0.600. The number of amides is 2. The van der Waals surface area contributed by atoms with Crippen molar-refractivity contribution < 1.29 is 14.3 Å². The summed E-state index contributed by atoms with van der Waals surface area (Å²) >= 11 is 6.08. The summed E-state index contributed by atoms with van der Waals surface area (Å²) in [7, 11) is 0. The first kappa shape index (κ1) is 22.9. The molecule has 0 unspecified atom stereocenters. The van der Waals surface area contributed by atoms with Crippen LogP contribution in [0.1, 0.15) is 46.2 Å². The molecule has 4 rings (SSSR count). The van der Waals surface area contributed by atoms with Crippen LogP contribution in [0.15, 0.2) is 54.7 Å². The molecule has 2 heterocycles. The number of halogens is 1. The minimum absolute atomic E-state index is 0.00136. The quantitative estimate of drug-likeness (QED) is 0.588. The Hall–Kier alpha value is -3.32. The number of likely N-dealkylation sites (tertiary alicyclic amines) is 1. The number of nitrogens with one attached hydrogen (secondary N) is 1. The number of aromatic nitrogens is 2. The average molecular weight is 467 g/mol. The highest BCUT2D eigenvalue weighted by Crippen LogP contribution is 2.20. The fourth-order valence-corrected chi connectivity index (χ4v) is 4.22. The molecule has 1 aromatic heterocycles. The van der Waals surface area contributed by atoms with Crippen LogP contribution in [0.3, 0.4) is 0 Å². The third-order valence-corrected chi connectivity index (χ3v) is 6.07. The number of benzene rings is 2. The van der Waals surface area contributed by atoms with E-state index >= 15 is 0 Å². The number of piperidine rings is 1. The highest BCUT2D eigenvalue weighted by Gasteiger charge is 2.26. The van der Waals surface area contributed by atoms with Gasteiger partial charge in [-0.1, -0.05) is 17.7 Å². The molecule has 0 atom stereocenters. The molecule has 1 N–H and O–H groups in total. The lowest BCUT2D eigenvalue weighted by Gasteiger charge is -2.32. The van der Waals surface area contributed by atoms with E-state index in [1.807, 2.05) is 43.0 Å². The fourth-order valence-electron chi connectivity index (χ4n) is 4.03. The molecule has 1 fully saturated rings. The van der Waals surface area contributed by atoms with Crippen LogP contribution in [0.4, 0.5) is 0 Å². The van der Waals surface area contributed by atoms with Crippen LogP contribution in [-0.4, -0.2) is 52.2 Å². The topological polar surface area (TPSA) is 76.5 Å². The number of carbonyl (C=O) groups excluding carboxylic acids is 2. The SMILES string of the molecule is CCOc1ccc(C(=O)N2CCC(NC(=O)c3cnn(-c4cccc(Cl)c4)c3C)CC2)cc1. The van der Waals surface area contributed by atoms with E-state index in [1.54, 1.807) is 35.1 Å². The molecule has 33 heavy (non-hydrogen) atoms. The van der Waals surface area contributed by atoms with Crippen LogP contribution in [0.5, 0.6) is 5.75 Å². The molecule has 0 saturated carbocycles. The smallest absolute Gasteiger partial charge is 0.254 e. The lowest BCUT2D eigenvalue weighted by atomic mass is 10.0. The highest BCUT2D eigenvalue weighted by atomic mass is 35.5. The Morgan fingerprint density at radius 2 is 1.88 bits per heavy atom. The van der Waals surface area contributed by atoms with Crippen molar-refractivity contribution in [1.29, 1.82) is 0 Å². The predicted molar refractivity (Wildman–Crippen MR) is 127 cm³/mol. The molecular weight excluding hydrogens is 440 g/mol. The van der Waals surface area contributed by atoms with Crippen molar-refractivity contribution in [3.8, 4) is 11.4 Å². The van der Waals surface area contributed by atoms with Crippen LogP contribution in [0.25, 0.3) is 5.69 Å². The Bertz CT molecular complexity index is 1130. The van der Waals surface area contributed by atoms with E-state index in [2.05, 4.69) is 10.4 Å². The number of rotatable bonds is 6. The molecule has 172 valence electrons. The average Bonchev–Trinajstić information content (AvgIpc) is 3.21. The third-order valence-electron chi connectivity index (χ3n) is 5.84. The van der Waals surface area contributed by atoms with Gasteiger partial charge in [0.05, 0.1) is 29.7 Å². The first-order chi connectivity index (χ1) is 16.0. The van der Waals surface area contributed by atoms with E-state index in [9.17, 15) is 9.59 Å². The Morgan fingerprint density at radius 1 is 1.15 bits per heavy atom. The van der Waals surface area contributed by atoms with E-state index in [0.717, 1.165) is 17.1 Å². The molecule has 2 amide bonds. The number of nitrogens with zero attached hydrogens (tertiary/aromatic N) is 3. The summed E-state index contributed by atoms with van der Waals surface area (Å²) in [6.45, 7) is 5.57. The number of hydrogen-bond acceptors (Lipinski definition) is 4. The van der Waals surface area contributed by atoms with Crippen LogP contribution in [0.2, 0.25) is 5.02 Å². The first-order valence-corrected chi connectivity index (χ1v) is 11.5. The van der Waals surface area contributed by atoms with Gasteiger partial charge in [0.1, 0.15) is 5.75 Å². The van der Waals surface area contributed by atoms with E-state index in [1.165, 1.54) is 0 Å². The zero-order chi connectivity index (χ0) is 23.4. The molecule has 0 bridgehead atoms. The zero-order valence-electron chi connectivity index (χ0n) is 18.8. The van der Waals surface area contributed by atoms with Gasteiger partial charge in [-0.2, -0.15) is 5.10 Å². The maximum Gasteiger partial charge on any atom is 0.254 e.